The Kier molecular flexibility index (Phi) is 6.29. The minimum atomic E-state index is -0.139. The van der Waals surface area contributed by atoms with Gasteiger partial charge in [0.05, 0.1) is 17.5 Å². The molecule has 138 valence electrons. The Labute approximate surface area is 171 Å². The summed E-state index contributed by atoms with van der Waals surface area (Å²) in [4.78, 5) is 17.9. The molecule has 2 aromatic carbocycles. The van der Waals surface area contributed by atoms with Crippen molar-refractivity contribution < 1.29 is 4.79 Å². The van der Waals surface area contributed by atoms with Crippen LogP contribution in [0.4, 0.5) is 0 Å². The van der Waals surface area contributed by atoms with Crippen LogP contribution in [0.1, 0.15) is 22.4 Å². The Morgan fingerprint density at radius 2 is 1.93 bits per heavy atom. The predicted molar refractivity (Wildman–Crippen MR) is 117 cm³/mol. The van der Waals surface area contributed by atoms with E-state index in [1.165, 1.54) is 17.3 Å². The molecule has 0 saturated heterocycles. The largest absolute Gasteiger partial charge is 0.272 e. The van der Waals surface area contributed by atoms with Gasteiger partial charge in [0.2, 0.25) is 5.91 Å². The van der Waals surface area contributed by atoms with Crippen molar-refractivity contribution in [1.82, 2.24) is 10.4 Å². The maximum absolute atomic E-state index is 12.1. The number of thioether (sulfide) groups is 1. The zero-order valence-corrected chi connectivity index (χ0v) is 17.8. The Hall–Kier alpha value is -2.18. The van der Waals surface area contributed by atoms with Crippen molar-refractivity contribution in [1.29, 1.82) is 0 Å². The standard InChI is InChI=1S/C21H20BrN3OS/c1-13-8-14(2)21-18(9-13)19(10-15(3)24-21)27-12-20(26)25-23-11-16-4-6-17(22)7-5-16/h4-11H,12H2,1-3H3,(H,25,26)/b23-11-. The molecule has 1 heterocycles. The third-order valence-electron chi connectivity index (χ3n) is 3.97. The van der Waals surface area contributed by atoms with E-state index in [-0.39, 0.29) is 5.91 Å². The van der Waals surface area contributed by atoms with Crippen molar-refractivity contribution in [2.24, 2.45) is 5.10 Å². The van der Waals surface area contributed by atoms with Gasteiger partial charge in [-0.1, -0.05) is 39.7 Å². The summed E-state index contributed by atoms with van der Waals surface area (Å²) in [6, 6.07) is 14.0. The normalized spacial score (nSPS) is 11.3. The quantitative estimate of drug-likeness (QED) is 0.337. The number of nitrogens with zero attached hydrogens (tertiary/aromatic N) is 2. The van der Waals surface area contributed by atoms with Crippen LogP contribution < -0.4 is 5.43 Å². The van der Waals surface area contributed by atoms with E-state index >= 15 is 0 Å². The van der Waals surface area contributed by atoms with Gasteiger partial charge in [-0.15, -0.1) is 11.8 Å². The zero-order valence-electron chi connectivity index (χ0n) is 15.4. The Morgan fingerprint density at radius 3 is 2.67 bits per heavy atom. The number of pyridine rings is 1. The summed E-state index contributed by atoms with van der Waals surface area (Å²) in [6.45, 7) is 6.12. The molecule has 0 unspecified atom stereocenters. The molecule has 0 spiro atoms. The zero-order chi connectivity index (χ0) is 19.4. The van der Waals surface area contributed by atoms with E-state index in [9.17, 15) is 4.79 Å². The van der Waals surface area contributed by atoms with E-state index in [4.69, 9.17) is 0 Å². The van der Waals surface area contributed by atoms with Gasteiger partial charge in [-0.2, -0.15) is 5.10 Å². The van der Waals surface area contributed by atoms with Crippen LogP contribution in [-0.2, 0) is 4.79 Å². The molecule has 1 N–H and O–H groups in total. The number of carbonyl (C=O) groups excluding carboxylic acids is 1. The lowest BCUT2D eigenvalue weighted by atomic mass is 10.1. The molecular weight excluding hydrogens is 422 g/mol. The number of nitrogens with one attached hydrogen (secondary N) is 1. The summed E-state index contributed by atoms with van der Waals surface area (Å²) >= 11 is 4.89. The number of aromatic nitrogens is 1. The van der Waals surface area contributed by atoms with Crippen molar-refractivity contribution in [3.63, 3.8) is 0 Å². The molecule has 0 aliphatic carbocycles. The maximum Gasteiger partial charge on any atom is 0.250 e. The van der Waals surface area contributed by atoms with E-state index in [1.54, 1.807) is 6.21 Å². The number of benzene rings is 2. The fourth-order valence-corrected chi connectivity index (χ4v) is 3.98. The fourth-order valence-electron chi connectivity index (χ4n) is 2.79. The monoisotopic (exact) mass is 441 g/mol. The van der Waals surface area contributed by atoms with Crippen LogP contribution in [0.5, 0.6) is 0 Å². The Balaban J connectivity index is 1.67. The van der Waals surface area contributed by atoms with Gasteiger partial charge >= 0.3 is 0 Å². The van der Waals surface area contributed by atoms with Crippen LogP contribution in [0.25, 0.3) is 10.9 Å². The molecule has 27 heavy (non-hydrogen) atoms. The molecule has 1 aromatic heterocycles. The van der Waals surface area contributed by atoms with Crippen molar-refractivity contribution >= 4 is 50.7 Å². The number of amides is 1. The lowest BCUT2D eigenvalue weighted by molar-refractivity contribution is -0.118. The second-order valence-electron chi connectivity index (χ2n) is 6.37. The summed E-state index contributed by atoms with van der Waals surface area (Å²) in [7, 11) is 0. The van der Waals surface area contributed by atoms with Crippen molar-refractivity contribution in [3.8, 4) is 0 Å². The van der Waals surface area contributed by atoms with E-state index in [2.05, 4.69) is 57.4 Å². The van der Waals surface area contributed by atoms with E-state index in [0.29, 0.717) is 5.75 Å². The fraction of sp³-hybridized carbons (Fsp3) is 0.190. The first-order valence-electron chi connectivity index (χ1n) is 8.51. The highest BCUT2D eigenvalue weighted by atomic mass is 79.9. The molecule has 0 aliphatic rings. The molecule has 6 heteroatoms. The number of hydrogen-bond acceptors (Lipinski definition) is 4. The summed E-state index contributed by atoms with van der Waals surface area (Å²) < 4.78 is 1.01. The average Bonchev–Trinajstić information content (AvgIpc) is 2.62. The van der Waals surface area contributed by atoms with Gasteiger partial charge in [-0.3, -0.25) is 9.78 Å². The first kappa shape index (κ1) is 19.6. The predicted octanol–water partition coefficient (Wildman–Crippen LogP) is 5.16. The van der Waals surface area contributed by atoms with E-state index in [0.717, 1.165) is 37.1 Å². The number of carbonyl (C=O) groups is 1. The SMILES string of the molecule is Cc1cc(C)c2nc(C)cc(SCC(=O)N/N=C\c3ccc(Br)cc3)c2c1. The highest BCUT2D eigenvalue weighted by Gasteiger charge is 2.10. The molecule has 0 fully saturated rings. The lowest BCUT2D eigenvalue weighted by Crippen LogP contribution is -2.19. The van der Waals surface area contributed by atoms with Gasteiger partial charge < -0.3 is 0 Å². The topological polar surface area (TPSA) is 54.4 Å². The molecule has 1 amide bonds. The van der Waals surface area contributed by atoms with Crippen LogP contribution in [0.3, 0.4) is 0 Å². The Morgan fingerprint density at radius 1 is 1.19 bits per heavy atom. The number of rotatable bonds is 5. The molecule has 0 saturated carbocycles. The highest BCUT2D eigenvalue weighted by Crippen LogP contribution is 2.30. The molecule has 3 rings (SSSR count). The first-order valence-corrected chi connectivity index (χ1v) is 10.3. The number of fused-ring (bicyclic) bond motifs is 1. The van der Waals surface area contributed by atoms with Gasteiger partial charge in [0.15, 0.2) is 0 Å². The van der Waals surface area contributed by atoms with Crippen LogP contribution >= 0.6 is 27.7 Å². The van der Waals surface area contributed by atoms with E-state index in [1.807, 2.05) is 37.3 Å². The molecule has 0 atom stereocenters. The molecular formula is C21H20BrN3OS. The average molecular weight is 442 g/mol. The van der Waals surface area contributed by atoms with Gasteiger partial charge in [-0.25, -0.2) is 5.43 Å². The van der Waals surface area contributed by atoms with Crippen LogP contribution in [0.15, 0.2) is 56.9 Å². The minimum Gasteiger partial charge on any atom is -0.272 e. The number of aryl methyl sites for hydroxylation is 3. The van der Waals surface area contributed by atoms with Crippen molar-refractivity contribution in [2.45, 2.75) is 25.7 Å². The third kappa shape index (κ3) is 5.17. The highest BCUT2D eigenvalue weighted by molar-refractivity contribution is 9.10. The van der Waals surface area contributed by atoms with E-state index < -0.39 is 0 Å². The summed E-state index contributed by atoms with van der Waals surface area (Å²) in [5.74, 6) is 0.156. The third-order valence-corrected chi connectivity index (χ3v) is 5.55. The second kappa shape index (κ2) is 8.67. The molecule has 0 aliphatic heterocycles. The molecule has 3 aromatic rings. The molecule has 0 bridgehead atoms. The van der Waals surface area contributed by atoms with Gasteiger partial charge in [0.25, 0.3) is 0 Å². The second-order valence-corrected chi connectivity index (χ2v) is 8.31. The van der Waals surface area contributed by atoms with Gasteiger partial charge in [0, 0.05) is 20.4 Å². The lowest BCUT2D eigenvalue weighted by Gasteiger charge is -2.10. The van der Waals surface area contributed by atoms with Gasteiger partial charge in [0.1, 0.15) is 0 Å². The first-order chi connectivity index (χ1) is 12.9. The van der Waals surface area contributed by atoms with Crippen LogP contribution in [0, 0.1) is 20.8 Å². The number of hydrazone groups is 1. The van der Waals surface area contributed by atoms with Crippen LogP contribution in [-0.4, -0.2) is 22.9 Å². The minimum absolute atomic E-state index is 0.139. The maximum atomic E-state index is 12.1. The molecule has 4 nitrogen and oxygen atoms in total. The smallest absolute Gasteiger partial charge is 0.250 e. The summed E-state index contributed by atoms with van der Waals surface area (Å²) in [6.07, 6.45) is 1.63. The van der Waals surface area contributed by atoms with Crippen LogP contribution in [0.2, 0.25) is 0 Å². The summed E-state index contributed by atoms with van der Waals surface area (Å²) in [5.41, 5.74) is 7.80. The summed E-state index contributed by atoms with van der Waals surface area (Å²) in [5, 5.41) is 5.12. The molecule has 0 radical (unpaired) electrons. The Bertz CT molecular complexity index is 1020. The van der Waals surface area contributed by atoms with Crippen molar-refractivity contribution in [3.05, 3.63) is 69.3 Å². The van der Waals surface area contributed by atoms with Crippen molar-refractivity contribution in [2.75, 3.05) is 5.75 Å². The number of halogens is 1. The number of hydrogen-bond donors (Lipinski definition) is 1. The van der Waals surface area contributed by atoms with Gasteiger partial charge in [-0.05, 0) is 56.2 Å².